The third-order valence-corrected chi connectivity index (χ3v) is 4.47. The van der Waals surface area contributed by atoms with E-state index in [0.717, 1.165) is 5.56 Å². The smallest absolute Gasteiger partial charge is 0.271 e. The third kappa shape index (κ3) is 5.80. The molecule has 0 aliphatic heterocycles. The van der Waals surface area contributed by atoms with E-state index in [2.05, 4.69) is 10.5 Å². The number of amides is 1. The van der Waals surface area contributed by atoms with Crippen molar-refractivity contribution in [3.63, 3.8) is 0 Å². The molecule has 0 spiro atoms. The van der Waals surface area contributed by atoms with Crippen LogP contribution >= 0.6 is 11.6 Å². The molecule has 158 valence electrons. The number of carbonyl (C=O) groups is 1. The van der Waals surface area contributed by atoms with Crippen LogP contribution in [0.4, 0.5) is 5.69 Å². The molecule has 0 bridgehead atoms. The average molecular weight is 440 g/mol. The van der Waals surface area contributed by atoms with Crippen molar-refractivity contribution >= 4 is 29.4 Å². The van der Waals surface area contributed by atoms with Gasteiger partial charge >= 0.3 is 0 Å². The van der Waals surface area contributed by atoms with Gasteiger partial charge < -0.3 is 9.47 Å². The fourth-order valence-corrected chi connectivity index (χ4v) is 2.80. The number of nitro groups is 1. The molecule has 0 saturated heterocycles. The average Bonchev–Trinajstić information content (AvgIpc) is 2.79. The Morgan fingerprint density at radius 3 is 2.61 bits per heavy atom. The number of rotatable bonds is 8. The van der Waals surface area contributed by atoms with E-state index in [9.17, 15) is 14.9 Å². The second-order valence-corrected chi connectivity index (χ2v) is 6.74. The number of benzene rings is 3. The zero-order valence-corrected chi connectivity index (χ0v) is 17.2. The van der Waals surface area contributed by atoms with E-state index in [4.69, 9.17) is 21.1 Å². The van der Waals surface area contributed by atoms with Crippen LogP contribution in [-0.2, 0) is 6.61 Å². The van der Waals surface area contributed by atoms with Crippen molar-refractivity contribution < 1.29 is 19.2 Å². The summed E-state index contributed by atoms with van der Waals surface area (Å²) in [7, 11) is 1.52. The van der Waals surface area contributed by atoms with Crippen molar-refractivity contribution in [1.82, 2.24) is 5.43 Å². The molecule has 0 aromatic heterocycles. The van der Waals surface area contributed by atoms with E-state index < -0.39 is 10.8 Å². The van der Waals surface area contributed by atoms with Crippen LogP contribution in [0.3, 0.4) is 0 Å². The minimum atomic E-state index is -0.577. The first-order valence-corrected chi connectivity index (χ1v) is 9.48. The van der Waals surface area contributed by atoms with E-state index in [0.29, 0.717) is 22.1 Å². The number of hydrogen-bond acceptors (Lipinski definition) is 6. The van der Waals surface area contributed by atoms with E-state index in [1.54, 1.807) is 30.3 Å². The molecule has 0 saturated carbocycles. The van der Waals surface area contributed by atoms with E-state index in [-0.39, 0.29) is 17.9 Å². The Balaban J connectivity index is 1.73. The number of ether oxygens (including phenoxy) is 2. The number of carbonyl (C=O) groups excluding carboxylic acids is 1. The first-order chi connectivity index (χ1) is 15.0. The van der Waals surface area contributed by atoms with E-state index >= 15 is 0 Å². The summed E-state index contributed by atoms with van der Waals surface area (Å²) in [6.45, 7) is 0.276. The minimum absolute atomic E-state index is 0.121. The Morgan fingerprint density at radius 2 is 1.90 bits per heavy atom. The minimum Gasteiger partial charge on any atom is -0.493 e. The van der Waals surface area contributed by atoms with Gasteiger partial charge in [0.25, 0.3) is 11.6 Å². The maximum Gasteiger partial charge on any atom is 0.271 e. The van der Waals surface area contributed by atoms with Crippen molar-refractivity contribution in [1.29, 1.82) is 0 Å². The predicted octanol–water partition coefficient (Wildman–Crippen LogP) is 4.60. The van der Waals surface area contributed by atoms with Gasteiger partial charge in [-0.3, -0.25) is 14.9 Å². The molecule has 3 aromatic carbocycles. The molecular weight excluding hydrogens is 422 g/mol. The predicted molar refractivity (Wildman–Crippen MR) is 117 cm³/mol. The first kappa shape index (κ1) is 21.8. The quantitative estimate of drug-likeness (QED) is 0.314. The van der Waals surface area contributed by atoms with Crippen LogP contribution < -0.4 is 14.9 Å². The number of para-hydroxylation sites is 1. The van der Waals surface area contributed by atoms with Gasteiger partial charge in [-0.1, -0.05) is 35.9 Å². The van der Waals surface area contributed by atoms with E-state index in [1.807, 2.05) is 12.1 Å². The molecule has 31 heavy (non-hydrogen) atoms. The molecule has 1 N–H and O–H groups in total. The Hall–Kier alpha value is -3.91. The highest BCUT2D eigenvalue weighted by atomic mass is 35.5. The summed E-state index contributed by atoms with van der Waals surface area (Å²) in [5.41, 5.74) is 3.79. The number of nitro benzene ring substituents is 1. The maximum atomic E-state index is 12.2. The SMILES string of the molecule is COc1cccc(/C=N/NC(=O)c2cccc([N+](=O)[O-])c2)c1OCc1ccc(Cl)cc1. The summed E-state index contributed by atoms with van der Waals surface area (Å²) in [5.74, 6) is 0.378. The number of nitrogens with one attached hydrogen (secondary N) is 1. The van der Waals surface area contributed by atoms with Crippen LogP contribution in [0.2, 0.25) is 5.02 Å². The van der Waals surface area contributed by atoms with Crippen molar-refractivity contribution in [2.75, 3.05) is 7.11 Å². The highest BCUT2D eigenvalue weighted by Crippen LogP contribution is 2.31. The molecule has 8 nitrogen and oxygen atoms in total. The molecule has 0 aliphatic carbocycles. The highest BCUT2D eigenvalue weighted by Gasteiger charge is 2.12. The Labute approximate surface area is 183 Å². The number of hydrazone groups is 1. The summed E-state index contributed by atoms with van der Waals surface area (Å²) < 4.78 is 11.3. The van der Waals surface area contributed by atoms with E-state index in [1.165, 1.54) is 37.6 Å². The summed E-state index contributed by atoms with van der Waals surface area (Å²) in [6, 6.07) is 17.9. The number of nitrogens with zero attached hydrogens (tertiary/aromatic N) is 2. The Kier molecular flexibility index (Phi) is 7.18. The maximum absolute atomic E-state index is 12.2. The molecule has 9 heteroatoms. The zero-order valence-electron chi connectivity index (χ0n) is 16.4. The van der Waals surface area contributed by atoms with Crippen molar-refractivity contribution in [3.05, 3.63) is 98.6 Å². The lowest BCUT2D eigenvalue weighted by Gasteiger charge is -2.13. The number of halogens is 1. The molecule has 0 radical (unpaired) electrons. The van der Waals surface area contributed by atoms with Gasteiger partial charge in [-0.15, -0.1) is 0 Å². The van der Waals surface area contributed by atoms with Gasteiger partial charge in [0.2, 0.25) is 0 Å². The van der Waals surface area contributed by atoms with Crippen LogP contribution in [0.5, 0.6) is 11.5 Å². The number of non-ortho nitro benzene ring substituents is 1. The lowest BCUT2D eigenvalue weighted by Crippen LogP contribution is -2.17. The lowest BCUT2D eigenvalue weighted by atomic mass is 10.2. The molecule has 3 aromatic rings. The van der Waals surface area contributed by atoms with Gasteiger partial charge in [0.1, 0.15) is 6.61 Å². The number of methoxy groups -OCH3 is 1. The van der Waals surface area contributed by atoms with Gasteiger partial charge in [-0.05, 0) is 35.9 Å². The molecule has 3 rings (SSSR count). The fraction of sp³-hybridized carbons (Fsp3) is 0.0909. The summed E-state index contributed by atoms with van der Waals surface area (Å²) in [6.07, 6.45) is 1.41. The number of hydrogen-bond donors (Lipinski definition) is 1. The van der Waals surface area contributed by atoms with Crippen molar-refractivity contribution in [3.8, 4) is 11.5 Å². The summed E-state index contributed by atoms with van der Waals surface area (Å²) >= 11 is 5.91. The lowest BCUT2D eigenvalue weighted by molar-refractivity contribution is -0.384. The van der Waals surface area contributed by atoms with Gasteiger partial charge in [0.15, 0.2) is 11.5 Å². The van der Waals surface area contributed by atoms with Gasteiger partial charge in [0.05, 0.1) is 18.2 Å². The van der Waals surface area contributed by atoms with Crippen LogP contribution in [0.15, 0.2) is 71.8 Å². The van der Waals surface area contributed by atoms with Gasteiger partial charge in [-0.2, -0.15) is 5.10 Å². The zero-order chi connectivity index (χ0) is 22.2. The van der Waals surface area contributed by atoms with Crippen LogP contribution in [-0.4, -0.2) is 24.2 Å². The largest absolute Gasteiger partial charge is 0.493 e. The monoisotopic (exact) mass is 439 g/mol. The highest BCUT2D eigenvalue weighted by molar-refractivity contribution is 6.30. The first-order valence-electron chi connectivity index (χ1n) is 9.10. The molecule has 0 heterocycles. The molecule has 0 fully saturated rings. The van der Waals surface area contributed by atoms with Gasteiger partial charge in [0, 0.05) is 28.3 Å². The molecule has 0 aliphatic rings. The molecule has 1 amide bonds. The second-order valence-electron chi connectivity index (χ2n) is 6.30. The van der Waals surface area contributed by atoms with Crippen LogP contribution in [0.1, 0.15) is 21.5 Å². The van der Waals surface area contributed by atoms with Gasteiger partial charge in [-0.25, -0.2) is 5.43 Å². The van der Waals surface area contributed by atoms with Crippen molar-refractivity contribution in [2.45, 2.75) is 6.61 Å². The second kappa shape index (κ2) is 10.2. The normalized spacial score (nSPS) is 10.6. The Morgan fingerprint density at radius 1 is 1.16 bits per heavy atom. The molecule has 0 unspecified atom stereocenters. The Bertz CT molecular complexity index is 1120. The topological polar surface area (TPSA) is 103 Å². The van der Waals surface area contributed by atoms with Crippen LogP contribution in [0, 0.1) is 10.1 Å². The third-order valence-electron chi connectivity index (χ3n) is 4.21. The standard InChI is InChI=1S/C22H18ClN3O5/c1-30-20-7-3-5-17(21(20)31-14-15-8-10-18(23)11-9-15)13-24-25-22(27)16-4-2-6-19(12-16)26(28)29/h2-13H,14H2,1H3,(H,25,27)/b24-13+. The van der Waals surface area contributed by atoms with Crippen molar-refractivity contribution in [2.24, 2.45) is 5.10 Å². The molecular formula is C22H18ClN3O5. The fourth-order valence-electron chi connectivity index (χ4n) is 2.67. The summed E-state index contributed by atoms with van der Waals surface area (Å²) in [5, 5.41) is 15.4. The van der Waals surface area contributed by atoms with Crippen LogP contribution in [0.25, 0.3) is 0 Å². The molecule has 0 atom stereocenters. The summed E-state index contributed by atoms with van der Waals surface area (Å²) in [4.78, 5) is 22.5.